The molecule has 4 aromatic carbocycles. The van der Waals surface area contributed by atoms with E-state index in [-0.39, 0.29) is 119 Å². The van der Waals surface area contributed by atoms with E-state index < -0.39 is 231 Å². The van der Waals surface area contributed by atoms with Crippen LogP contribution in [0.2, 0.25) is 0 Å². The van der Waals surface area contributed by atoms with Crippen molar-refractivity contribution in [3.8, 4) is 0 Å². The van der Waals surface area contributed by atoms with Crippen molar-refractivity contribution in [2.24, 2.45) is 62.9 Å². The Hall–Kier alpha value is -12.0. The quantitative estimate of drug-likeness (QED) is 0.0197. The number of carbonyl (C=O) groups excluding carboxylic acids is 16. The second-order valence-corrected chi connectivity index (χ2v) is 39.3. The summed E-state index contributed by atoms with van der Waals surface area (Å²) in [5.41, 5.74) is -2.19. The number of carbonyl (C=O) groups is 16. The molecule has 9 fully saturated rings. The van der Waals surface area contributed by atoms with Gasteiger partial charge in [-0.3, -0.25) is 81.7 Å². The van der Waals surface area contributed by atoms with Gasteiger partial charge in [-0.15, -0.1) is 5.06 Å². The predicted octanol–water partition coefficient (Wildman–Crippen LogP) is 7.98. The maximum atomic E-state index is 17.7. The van der Waals surface area contributed by atoms with E-state index >= 15 is 17.6 Å². The van der Waals surface area contributed by atoms with Crippen molar-refractivity contribution in [1.29, 1.82) is 0 Å². The topological polar surface area (TPSA) is 472 Å². The number of rotatable bonds is 28. The zero-order chi connectivity index (χ0) is 99.8. The highest BCUT2D eigenvalue weighted by atomic mass is 19.2. The molecule has 13 aliphatic rings. The fourth-order valence-electron chi connectivity index (χ4n) is 23.6. The lowest BCUT2D eigenvalue weighted by atomic mass is 9.44. The third kappa shape index (κ3) is 17.8. The number of hydrogen-bond acceptors (Lipinski definition) is 26. The summed E-state index contributed by atoms with van der Waals surface area (Å²) < 4.78 is 93.4. The Morgan fingerprint density at radius 3 is 1.30 bits per heavy atom. The zero-order valence-corrected chi connectivity index (χ0v) is 77.3. The van der Waals surface area contributed by atoms with Crippen molar-refractivity contribution in [3.63, 3.8) is 0 Å². The summed E-state index contributed by atoms with van der Waals surface area (Å²) in [7, 11) is 0. The molecule has 5 aliphatic heterocycles. The molecular formula is C102H111F4N7O25. The minimum Gasteiger partial charge on any atom is -0.390 e. The number of imide groups is 3. The van der Waals surface area contributed by atoms with Crippen LogP contribution in [0, 0.1) is 57.2 Å². The number of nitrogens with two attached hydrogens (primary N) is 1. The Kier molecular flexibility index (Phi) is 28.1. The largest absolute Gasteiger partial charge is 0.390 e. The number of amides is 9. The lowest BCUT2D eigenvalue weighted by molar-refractivity contribution is -0.235. The molecule has 36 heteroatoms. The molecule has 6 saturated carbocycles. The van der Waals surface area contributed by atoms with Gasteiger partial charge >= 0.3 is 5.97 Å². The van der Waals surface area contributed by atoms with E-state index in [1.807, 2.05) is 66.7 Å². The average Bonchev–Trinajstić information content (AvgIpc) is 1.52. The van der Waals surface area contributed by atoms with E-state index in [0.717, 1.165) is 68.5 Å². The van der Waals surface area contributed by atoms with Crippen molar-refractivity contribution in [2.75, 3.05) is 36.9 Å². The Bertz CT molecular complexity index is 5830. The number of alkyl halides is 4. The predicted molar refractivity (Wildman–Crippen MR) is 481 cm³/mol. The summed E-state index contributed by atoms with van der Waals surface area (Å²) in [5, 5.41) is 52.8. The van der Waals surface area contributed by atoms with Gasteiger partial charge in [-0.1, -0.05) is 113 Å². The molecule has 24 atom stereocenters. The number of ketones is 6. The number of nitrogens with one attached hydrogen (secondary N) is 3. The molecule has 5 heterocycles. The van der Waals surface area contributed by atoms with Gasteiger partial charge in [0.1, 0.15) is 31.3 Å². The van der Waals surface area contributed by atoms with Crippen molar-refractivity contribution in [2.45, 2.75) is 229 Å². The van der Waals surface area contributed by atoms with Gasteiger partial charge in [-0.05, 0) is 173 Å². The van der Waals surface area contributed by atoms with Crippen LogP contribution in [-0.2, 0) is 113 Å². The van der Waals surface area contributed by atoms with E-state index in [1.54, 1.807) is 65.0 Å². The summed E-state index contributed by atoms with van der Waals surface area (Å²) in [5.74, 6) is -12.6. The van der Waals surface area contributed by atoms with E-state index in [9.17, 15) is 97.1 Å². The number of allylic oxidation sites excluding steroid dienone is 8. The maximum absolute atomic E-state index is 17.7. The van der Waals surface area contributed by atoms with E-state index in [2.05, 4.69) is 20.8 Å². The number of halogens is 4. The highest BCUT2D eigenvalue weighted by Crippen LogP contribution is 2.75. The van der Waals surface area contributed by atoms with E-state index in [0.29, 0.717) is 40.4 Å². The number of aliphatic hydroxyl groups excluding tert-OH is 4. The third-order valence-corrected chi connectivity index (χ3v) is 30.9. The van der Waals surface area contributed by atoms with Crippen molar-refractivity contribution < 1.29 is 138 Å². The molecule has 8 aliphatic carbocycles. The molecule has 0 bridgehead atoms. The number of benzene rings is 4. The van der Waals surface area contributed by atoms with Gasteiger partial charge < -0.3 is 65.9 Å². The van der Waals surface area contributed by atoms with Gasteiger partial charge in [0, 0.05) is 137 Å². The molecule has 9 N–H and O–H groups in total. The first-order valence-electron chi connectivity index (χ1n) is 46.3. The summed E-state index contributed by atoms with van der Waals surface area (Å²) >= 11 is 0. The fraction of sp³-hybridized carbons (Fsp3) is 0.490. The van der Waals surface area contributed by atoms with E-state index in [1.165, 1.54) is 45.1 Å². The SMILES string of the molecule is C[C@H](CC(=O)[C@H](C)NC(=O)CCN1C(=O)C=CC1=O)C(=O)Nc1cccc(Cc2ccc(C3O[C@@H]4C[C@H]5[C@@H]6C[C@H](F)C7=CC(=O)C=C[C@]7(C)[C@@]6(F)[C@@H](O)C[C@]5(C)[C@]4(C(=O)CO)O3)cc2)c1.C[C@H](N)C(=O)C[C@@H](C)C(=O)Nc1cccc(Cc2ccc(C3O[C@@H]4C[C@H]5[C@@H]6C[C@H](F)C7=CC(=O)C=C[C@]7(C)[C@@]6(F)[C@@H](O)C[C@]5(C)[C@]4(C(=O)CO)O3)cc2)c1.O=C(CCN1C(=O)C=CC1=O)ON1C(=O)CCC1=O. The minimum atomic E-state index is -2.35. The third-order valence-electron chi connectivity index (χ3n) is 30.9. The summed E-state index contributed by atoms with van der Waals surface area (Å²) in [6.07, 6.45) is 1.19. The number of anilines is 2. The standard InChI is InChI=1S/C49H53F2N3O11.C42H48F2N2O8.C11H10N2O6/c1-26(18-37(57)27(2)52-41(60)15-17-54-42(61)12-13-43(54)62)44(63)53-31-7-5-6-29(20-31)19-28-8-10-30(11-9-28)45-64-40-23-33-34-22-36(50)35-21-32(56)14-16-46(35,3)48(34,51)38(58)24-47(33,4)49(40,65-45)39(59)25-55;1-22(14-33(49)23(2)45)37(52)46-27-7-5-6-25(16-27)15-24-8-10-26(11-9-24)38-53-36-19-29-30-18-32(43)31-17-28(48)12-13-39(31,3)41(30,44)34(50)20-40(29,4)42(36,54-38)35(51)21-47;14-7-1-2-8(15)12(7)6-5-11(18)19-13-9(16)3-4-10(13)17/h5-14,16,20-21,26-27,33-34,36,38,40,45,55,58H,15,17-19,22-25H2,1-4H3,(H,52,60)(H,53,63);5-13,16-17,22-23,29-30,32,34,36,38,47,50H,14-15,18-21,45H2,1-4H3,(H,46,52);1-2H,3-6H2/t26-,27+,33+,34+,36+,38+,40-,45?,46+,47+,48+,49-;22-,23+,29+,30+,32+,34+,36-,38?,39+,40+,41+,42-;/m11./s1. The number of fused-ring (bicyclic) bond motifs is 14. The molecule has 3 saturated heterocycles. The zero-order valence-electron chi connectivity index (χ0n) is 77.3. The maximum Gasteiger partial charge on any atom is 0.335 e. The fourth-order valence-corrected chi connectivity index (χ4v) is 23.6. The van der Waals surface area contributed by atoms with E-state index in [4.69, 9.17) is 24.7 Å². The first kappa shape index (κ1) is 100. The second kappa shape index (κ2) is 38.6. The molecule has 17 rings (SSSR count). The first-order valence-corrected chi connectivity index (χ1v) is 46.3. The number of hydroxylamine groups is 2. The first-order chi connectivity index (χ1) is 65.2. The van der Waals surface area contributed by atoms with Crippen LogP contribution >= 0.6 is 0 Å². The molecular weight excluding hydrogens is 1800 g/mol. The summed E-state index contributed by atoms with van der Waals surface area (Å²) in [4.78, 5) is 201. The number of aliphatic hydroxyl groups is 4. The van der Waals surface area contributed by atoms with Crippen LogP contribution in [0.25, 0.3) is 0 Å². The second-order valence-electron chi connectivity index (χ2n) is 39.3. The van der Waals surface area contributed by atoms with Gasteiger partial charge in [-0.2, -0.15) is 0 Å². The smallest absolute Gasteiger partial charge is 0.335 e. The van der Waals surface area contributed by atoms with Gasteiger partial charge in [0.25, 0.3) is 35.4 Å². The number of ether oxygens (including phenoxy) is 4. The van der Waals surface area contributed by atoms with Gasteiger partial charge in [0.2, 0.25) is 17.7 Å². The van der Waals surface area contributed by atoms with Crippen LogP contribution in [0.1, 0.15) is 178 Å². The van der Waals surface area contributed by atoms with Crippen LogP contribution in [0.5, 0.6) is 0 Å². The van der Waals surface area contributed by atoms with Crippen LogP contribution in [0.4, 0.5) is 28.9 Å². The Morgan fingerprint density at radius 2 is 0.906 bits per heavy atom. The summed E-state index contributed by atoms with van der Waals surface area (Å²) in [6, 6.07) is 27.8. The molecule has 138 heavy (non-hydrogen) atoms. The Morgan fingerprint density at radius 1 is 0.514 bits per heavy atom. The molecule has 4 aromatic rings. The molecule has 0 aromatic heterocycles. The van der Waals surface area contributed by atoms with Crippen LogP contribution < -0.4 is 21.7 Å². The molecule has 9 amide bonds. The van der Waals surface area contributed by atoms with Crippen LogP contribution in [-0.4, -0.2) is 227 Å². The van der Waals surface area contributed by atoms with Crippen LogP contribution in [0.3, 0.4) is 0 Å². The molecule has 0 radical (unpaired) electrons. The Labute approximate surface area is 791 Å². The van der Waals surface area contributed by atoms with Crippen LogP contribution in [0.15, 0.2) is 169 Å². The highest BCUT2D eigenvalue weighted by molar-refractivity contribution is 6.14. The minimum absolute atomic E-state index is 0.000820. The molecule has 32 nitrogen and oxygen atoms in total. The van der Waals surface area contributed by atoms with Gasteiger partial charge in [-0.25, -0.2) is 22.4 Å². The van der Waals surface area contributed by atoms with Crippen molar-refractivity contribution >= 4 is 105 Å². The highest BCUT2D eigenvalue weighted by Gasteiger charge is 2.82. The molecule has 732 valence electrons. The monoisotopic (exact) mass is 1910 g/mol. The number of hydrogen-bond donors (Lipinski definition) is 8. The summed E-state index contributed by atoms with van der Waals surface area (Å²) in [6.45, 7) is 10.9. The Balaban J connectivity index is 0.000000178. The molecule has 0 spiro atoms. The normalized spacial score (nSPS) is 33.4. The van der Waals surface area contributed by atoms with Gasteiger partial charge in [0.05, 0.1) is 42.9 Å². The number of Topliss-reactive ketones (excluding diaryl/α,β-unsaturated/α-hetero) is 4. The van der Waals surface area contributed by atoms with Crippen molar-refractivity contribution in [3.05, 3.63) is 202 Å². The van der Waals surface area contributed by atoms with Crippen molar-refractivity contribution in [1.82, 2.24) is 20.2 Å². The number of nitrogens with zero attached hydrogens (tertiary/aromatic N) is 3. The average molecular weight is 1910 g/mol. The molecule has 2 unspecified atom stereocenters. The lowest BCUT2D eigenvalue weighted by Gasteiger charge is -2.63. The lowest BCUT2D eigenvalue weighted by Crippen LogP contribution is -2.70. The van der Waals surface area contributed by atoms with Gasteiger partial charge in [0.15, 0.2) is 64.0 Å².